The summed E-state index contributed by atoms with van der Waals surface area (Å²) >= 11 is 1.19. The van der Waals surface area contributed by atoms with Gasteiger partial charge in [-0.1, -0.05) is 0 Å². The van der Waals surface area contributed by atoms with E-state index >= 15 is 0 Å². The van der Waals surface area contributed by atoms with Crippen molar-refractivity contribution in [3.63, 3.8) is 0 Å². The maximum Gasteiger partial charge on any atom is 0.263 e. The van der Waals surface area contributed by atoms with Crippen molar-refractivity contribution in [2.45, 2.75) is 17.4 Å². The van der Waals surface area contributed by atoms with Gasteiger partial charge in [-0.3, -0.25) is 9.52 Å². The molecule has 2 N–H and O–H groups in total. The molecular formula is C16H19N3O5S2. The first-order chi connectivity index (χ1) is 12.5. The molecule has 140 valence electrons. The normalized spacial score (nSPS) is 18.4. The lowest BCUT2D eigenvalue weighted by Crippen LogP contribution is -2.36. The number of aromatic nitrogens is 1. The summed E-state index contributed by atoms with van der Waals surface area (Å²) in [5, 5.41) is 4.72. The lowest BCUT2D eigenvalue weighted by molar-refractivity contribution is -0.128. The number of carbonyl (C=O) groups is 1. The topological polar surface area (TPSA) is 107 Å². The minimum atomic E-state index is -3.72. The number of hydrogen-bond donors (Lipinski definition) is 2. The zero-order chi connectivity index (χ0) is 18.6. The molecular weight excluding hydrogens is 378 g/mol. The molecule has 0 radical (unpaired) electrons. The summed E-state index contributed by atoms with van der Waals surface area (Å²) < 4.78 is 37.6. The molecule has 3 rings (SSSR count). The van der Waals surface area contributed by atoms with Gasteiger partial charge in [0.05, 0.1) is 11.5 Å². The van der Waals surface area contributed by atoms with Gasteiger partial charge in [-0.2, -0.15) is 0 Å². The van der Waals surface area contributed by atoms with E-state index in [1.165, 1.54) is 48.9 Å². The maximum absolute atomic E-state index is 12.4. The number of nitrogens with one attached hydrogen (secondary N) is 2. The number of ether oxygens (including phenoxy) is 2. The van der Waals surface area contributed by atoms with E-state index in [1.54, 1.807) is 5.38 Å². The van der Waals surface area contributed by atoms with Gasteiger partial charge in [0.1, 0.15) is 6.10 Å². The molecule has 2 atom stereocenters. The SMILES string of the molecule is COC(C(=O)Nc1ccc(S(=O)(=O)Nc2nccs2)cc1)C1CCOC1. The summed E-state index contributed by atoms with van der Waals surface area (Å²) in [6.07, 6.45) is 1.68. The number of benzene rings is 1. The number of carbonyl (C=O) groups excluding carboxylic acids is 1. The molecule has 0 aliphatic carbocycles. The quantitative estimate of drug-likeness (QED) is 0.739. The molecule has 0 spiro atoms. The lowest BCUT2D eigenvalue weighted by atomic mass is 10.0. The molecule has 1 aromatic carbocycles. The van der Waals surface area contributed by atoms with Gasteiger partial charge in [-0.15, -0.1) is 11.3 Å². The second kappa shape index (κ2) is 8.12. The van der Waals surface area contributed by atoms with Gasteiger partial charge in [0.25, 0.3) is 15.9 Å². The zero-order valence-corrected chi connectivity index (χ0v) is 15.7. The second-order valence-corrected chi connectivity index (χ2v) is 8.31. The van der Waals surface area contributed by atoms with Crippen LogP contribution in [0.3, 0.4) is 0 Å². The first-order valence-corrected chi connectivity index (χ1v) is 10.3. The average Bonchev–Trinajstić information content (AvgIpc) is 3.30. The molecule has 2 aromatic rings. The number of hydrogen-bond acceptors (Lipinski definition) is 7. The van der Waals surface area contributed by atoms with Crippen LogP contribution in [-0.4, -0.2) is 45.7 Å². The van der Waals surface area contributed by atoms with Crippen molar-refractivity contribution < 1.29 is 22.7 Å². The van der Waals surface area contributed by atoms with E-state index in [0.29, 0.717) is 24.0 Å². The highest BCUT2D eigenvalue weighted by molar-refractivity contribution is 7.93. The summed E-state index contributed by atoms with van der Waals surface area (Å²) in [6, 6.07) is 5.91. The summed E-state index contributed by atoms with van der Waals surface area (Å²) in [5.41, 5.74) is 0.490. The second-order valence-electron chi connectivity index (χ2n) is 5.74. The minimum Gasteiger partial charge on any atom is -0.381 e. The Morgan fingerprint density at radius 2 is 2.15 bits per heavy atom. The highest BCUT2D eigenvalue weighted by atomic mass is 32.2. The van der Waals surface area contributed by atoms with E-state index in [0.717, 1.165) is 6.42 Å². The van der Waals surface area contributed by atoms with Crippen molar-refractivity contribution in [3.05, 3.63) is 35.8 Å². The van der Waals surface area contributed by atoms with E-state index in [4.69, 9.17) is 9.47 Å². The highest BCUT2D eigenvalue weighted by Crippen LogP contribution is 2.22. The van der Waals surface area contributed by atoms with E-state index in [2.05, 4.69) is 15.0 Å². The van der Waals surface area contributed by atoms with Gasteiger partial charge >= 0.3 is 0 Å². The summed E-state index contributed by atoms with van der Waals surface area (Å²) in [4.78, 5) is 16.4. The van der Waals surface area contributed by atoms with Gasteiger partial charge in [0, 0.05) is 36.9 Å². The van der Waals surface area contributed by atoms with Crippen molar-refractivity contribution in [1.29, 1.82) is 0 Å². The molecule has 1 aliphatic heterocycles. The molecule has 1 fully saturated rings. The summed E-state index contributed by atoms with van der Waals surface area (Å²) in [7, 11) is -2.23. The molecule has 1 saturated heterocycles. The smallest absolute Gasteiger partial charge is 0.263 e. The molecule has 1 aromatic heterocycles. The zero-order valence-electron chi connectivity index (χ0n) is 14.0. The minimum absolute atomic E-state index is 0.0159. The Balaban J connectivity index is 1.66. The summed E-state index contributed by atoms with van der Waals surface area (Å²) in [6.45, 7) is 1.11. The first-order valence-electron chi connectivity index (χ1n) is 7.93. The Labute approximate surface area is 155 Å². The third-order valence-electron chi connectivity index (χ3n) is 3.99. The van der Waals surface area contributed by atoms with Crippen molar-refractivity contribution in [2.75, 3.05) is 30.4 Å². The van der Waals surface area contributed by atoms with Crippen molar-refractivity contribution in [1.82, 2.24) is 4.98 Å². The van der Waals surface area contributed by atoms with Crippen LogP contribution >= 0.6 is 11.3 Å². The van der Waals surface area contributed by atoms with E-state index in [1.807, 2.05) is 0 Å². The van der Waals surface area contributed by atoms with Crippen molar-refractivity contribution >= 4 is 38.1 Å². The number of sulfonamides is 1. The van der Waals surface area contributed by atoms with Gasteiger partial charge in [-0.05, 0) is 30.7 Å². The predicted molar refractivity (Wildman–Crippen MR) is 97.7 cm³/mol. The van der Waals surface area contributed by atoms with Crippen LogP contribution in [0.5, 0.6) is 0 Å². The summed E-state index contributed by atoms with van der Waals surface area (Å²) in [5.74, 6) is -0.262. The molecule has 10 heteroatoms. The molecule has 0 bridgehead atoms. The molecule has 0 saturated carbocycles. The van der Waals surface area contributed by atoms with E-state index < -0.39 is 16.1 Å². The highest BCUT2D eigenvalue weighted by Gasteiger charge is 2.31. The fraction of sp³-hybridized carbons (Fsp3) is 0.375. The number of thiazole rings is 1. The Morgan fingerprint density at radius 3 is 2.73 bits per heavy atom. The predicted octanol–water partition coefficient (Wildman–Crippen LogP) is 1.93. The molecule has 26 heavy (non-hydrogen) atoms. The van der Waals surface area contributed by atoms with Crippen molar-refractivity contribution in [2.24, 2.45) is 5.92 Å². The van der Waals surface area contributed by atoms with Crippen LogP contribution in [0.1, 0.15) is 6.42 Å². The van der Waals surface area contributed by atoms with E-state index in [-0.39, 0.29) is 16.7 Å². The molecule has 2 unspecified atom stereocenters. The third-order valence-corrected chi connectivity index (χ3v) is 6.16. The van der Waals surface area contributed by atoms with Gasteiger partial charge in [-0.25, -0.2) is 13.4 Å². The van der Waals surface area contributed by atoms with E-state index in [9.17, 15) is 13.2 Å². The Bertz CT molecular complexity index is 831. The van der Waals surface area contributed by atoms with Gasteiger partial charge < -0.3 is 14.8 Å². The standard InChI is InChI=1S/C16H19N3O5S2/c1-23-14(11-6-8-24-10-11)15(20)18-12-2-4-13(5-3-12)26(21,22)19-16-17-7-9-25-16/h2-5,7,9,11,14H,6,8,10H2,1H3,(H,17,19)(H,18,20). The van der Waals surface area contributed by atoms with Gasteiger partial charge in [0.2, 0.25) is 0 Å². The van der Waals surface area contributed by atoms with Crippen LogP contribution in [-0.2, 0) is 24.3 Å². The molecule has 8 nitrogen and oxygen atoms in total. The fourth-order valence-electron chi connectivity index (χ4n) is 2.68. The van der Waals surface area contributed by atoms with Crippen LogP contribution in [0.4, 0.5) is 10.8 Å². The maximum atomic E-state index is 12.4. The average molecular weight is 397 g/mol. The van der Waals surface area contributed by atoms with Crippen molar-refractivity contribution in [3.8, 4) is 0 Å². The third kappa shape index (κ3) is 4.39. The number of amides is 1. The first kappa shape index (κ1) is 18.8. The monoisotopic (exact) mass is 397 g/mol. The number of nitrogens with zero attached hydrogens (tertiary/aromatic N) is 1. The molecule has 1 aliphatic rings. The molecule has 1 amide bonds. The Morgan fingerprint density at radius 1 is 1.38 bits per heavy atom. The largest absolute Gasteiger partial charge is 0.381 e. The lowest BCUT2D eigenvalue weighted by Gasteiger charge is -2.20. The van der Waals surface area contributed by atoms with Crippen LogP contribution in [0.2, 0.25) is 0 Å². The Hall–Kier alpha value is -2.01. The molecule has 2 heterocycles. The van der Waals surface area contributed by atoms with Crippen LogP contribution in [0.25, 0.3) is 0 Å². The fourth-order valence-corrected chi connectivity index (χ4v) is 4.47. The van der Waals surface area contributed by atoms with Gasteiger partial charge in [0.15, 0.2) is 5.13 Å². The number of methoxy groups -OCH3 is 1. The Kier molecular flexibility index (Phi) is 5.87. The van der Waals surface area contributed by atoms with Crippen LogP contribution in [0, 0.1) is 5.92 Å². The number of anilines is 2. The van der Waals surface area contributed by atoms with Crippen LogP contribution < -0.4 is 10.0 Å². The van der Waals surface area contributed by atoms with Crippen LogP contribution in [0.15, 0.2) is 40.7 Å². The number of rotatable bonds is 7.